The Hall–Kier alpha value is -0.820. The summed E-state index contributed by atoms with van der Waals surface area (Å²) in [5.74, 6) is 3.86. The van der Waals surface area contributed by atoms with E-state index in [2.05, 4.69) is 36.5 Å². The quantitative estimate of drug-likeness (QED) is 0.818. The molecule has 0 bridgehead atoms. The maximum atomic E-state index is 3.81. The number of fused-ring (bicyclic) bond motifs is 3. The van der Waals surface area contributed by atoms with Gasteiger partial charge in [-0.05, 0) is 67.0 Å². The first-order valence-electron chi connectivity index (χ1n) is 8.69. The first-order chi connectivity index (χ1) is 9.88. The molecule has 1 nitrogen and oxygen atoms in total. The number of aryl methyl sites for hydroxylation is 1. The summed E-state index contributed by atoms with van der Waals surface area (Å²) in [4.78, 5) is 0. The average Bonchev–Trinajstić information content (AvgIpc) is 3.37. The van der Waals surface area contributed by atoms with Crippen molar-refractivity contribution in [1.29, 1.82) is 0 Å². The van der Waals surface area contributed by atoms with Gasteiger partial charge in [-0.15, -0.1) is 0 Å². The summed E-state index contributed by atoms with van der Waals surface area (Å²) in [6.07, 6.45) is 8.62. The van der Waals surface area contributed by atoms with Crippen LogP contribution in [0, 0.1) is 17.8 Å². The summed E-state index contributed by atoms with van der Waals surface area (Å²) in [6.45, 7) is 3.40. The van der Waals surface area contributed by atoms with Crippen molar-refractivity contribution in [3.8, 4) is 0 Å². The van der Waals surface area contributed by atoms with E-state index in [0.29, 0.717) is 0 Å². The second-order valence-corrected chi connectivity index (χ2v) is 7.19. The van der Waals surface area contributed by atoms with Crippen molar-refractivity contribution < 1.29 is 0 Å². The Bertz CT molecular complexity index is 476. The molecule has 0 saturated heterocycles. The van der Waals surface area contributed by atoms with Gasteiger partial charge < -0.3 is 5.32 Å². The van der Waals surface area contributed by atoms with Crippen molar-refractivity contribution in [2.24, 2.45) is 17.8 Å². The van der Waals surface area contributed by atoms with Crippen molar-refractivity contribution in [1.82, 2.24) is 5.32 Å². The molecule has 1 aromatic rings. The van der Waals surface area contributed by atoms with E-state index in [1.165, 1.54) is 38.5 Å². The summed E-state index contributed by atoms with van der Waals surface area (Å²) in [6, 6.07) is 9.99. The van der Waals surface area contributed by atoms with Gasteiger partial charge in [0, 0.05) is 6.04 Å². The topological polar surface area (TPSA) is 12.0 Å². The zero-order valence-electron chi connectivity index (χ0n) is 12.6. The van der Waals surface area contributed by atoms with Gasteiger partial charge in [-0.2, -0.15) is 0 Å². The average molecular weight is 269 g/mol. The molecule has 4 unspecified atom stereocenters. The van der Waals surface area contributed by atoms with Crippen LogP contribution in [0.3, 0.4) is 0 Å². The molecule has 0 radical (unpaired) electrons. The largest absolute Gasteiger partial charge is 0.314 e. The molecule has 4 atom stereocenters. The number of nitrogens with one attached hydrogen (secondary N) is 1. The van der Waals surface area contributed by atoms with Gasteiger partial charge in [0.15, 0.2) is 0 Å². The Morgan fingerprint density at radius 1 is 1.20 bits per heavy atom. The minimum atomic E-state index is 0.779. The third-order valence-electron chi connectivity index (χ3n) is 5.90. The van der Waals surface area contributed by atoms with Gasteiger partial charge >= 0.3 is 0 Å². The minimum Gasteiger partial charge on any atom is -0.314 e. The molecule has 3 aliphatic rings. The highest BCUT2D eigenvalue weighted by Crippen LogP contribution is 2.61. The number of rotatable bonds is 6. The van der Waals surface area contributed by atoms with E-state index in [9.17, 15) is 0 Å². The van der Waals surface area contributed by atoms with Gasteiger partial charge in [-0.1, -0.05) is 44.0 Å². The molecule has 2 saturated carbocycles. The Balaban J connectivity index is 1.48. The van der Waals surface area contributed by atoms with Crippen molar-refractivity contribution in [2.75, 3.05) is 6.54 Å². The van der Waals surface area contributed by atoms with E-state index in [-0.39, 0.29) is 0 Å². The predicted molar refractivity (Wildman–Crippen MR) is 83.9 cm³/mol. The first-order valence-corrected chi connectivity index (χ1v) is 8.69. The highest BCUT2D eigenvalue weighted by atomic mass is 14.9. The Labute approximate surface area is 123 Å². The molecular formula is C19H27N. The SMILES string of the molecule is CCNC(CCC1CC1)C1C2CCc3ccccc3C21. The molecule has 3 aliphatic carbocycles. The van der Waals surface area contributed by atoms with Gasteiger partial charge in [-0.25, -0.2) is 0 Å². The molecule has 0 spiro atoms. The van der Waals surface area contributed by atoms with Crippen LogP contribution >= 0.6 is 0 Å². The van der Waals surface area contributed by atoms with Gasteiger partial charge in [0.25, 0.3) is 0 Å². The number of hydrogen-bond acceptors (Lipinski definition) is 1. The monoisotopic (exact) mass is 269 g/mol. The molecule has 1 aromatic carbocycles. The maximum absolute atomic E-state index is 3.81. The Morgan fingerprint density at radius 2 is 2.05 bits per heavy atom. The van der Waals surface area contributed by atoms with E-state index < -0.39 is 0 Å². The highest BCUT2D eigenvalue weighted by molar-refractivity contribution is 5.40. The number of hydrogen-bond donors (Lipinski definition) is 1. The second-order valence-electron chi connectivity index (χ2n) is 7.19. The third-order valence-corrected chi connectivity index (χ3v) is 5.90. The summed E-state index contributed by atoms with van der Waals surface area (Å²) >= 11 is 0. The molecule has 20 heavy (non-hydrogen) atoms. The lowest BCUT2D eigenvalue weighted by Gasteiger charge is -2.18. The Morgan fingerprint density at radius 3 is 2.85 bits per heavy atom. The summed E-state index contributed by atoms with van der Waals surface area (Å²) in [5.41, 5.74) is 3.32. The van der Waals surface area contributed by atoms with Crippen molar-refractivity contribution in [2.45, 2.75) is 57.4 Å². The lowest BCUT2D eigenvalue weighted by Crippen LogP contribution is -2.32. The van der Waals surface area contributed by atoms with Crippen molar-refractivity contribution >= 4 is 0 Å². The van der Waals surface area contributed by atoms with Gasteiger partial charge in [0.2, 0.25) is 0 Å². The second kappa shape index (κ2) is 5.18. The molecule has 108 valence electrons. The summed E-state index contributed by atoms with van der Waals surface area (Å²) in [7, 11) is 0. The standard InChI is InChI=1S/C19H27N/c1-2-20-17(12-9-13-7-8-13)19-16-11-10-14-5-3-4-6-15(14)18(16)19/h3-6,13,16-20H,2,7-12H2,1H3. The summed E-state index contributed by atoms with van der Waals surface area (Å²) < 4.78 is 0. The fraction of sp³-hybridized carbons (Fsp3) is 0.684. The van der Waals surface area contributed by atoms with Crippen LogP contribution in [0.2, 0.25) is 0 Å². The van der Waals surface area contributed by atoms with Crippen LogP contribution in [0.5, 0.6) is 0 Å². The molecule has 2 fully saturated rings. The molecule has 1 N–H and O–H groups in total. The zero-order chi connectivity index (χ0) is 13.5. The van der Waals surface area contributed by atoms with Crippen LogP contribution < -0.4 is 5.32 Å². The Kier molecular flexibility index (Phi) is 3.34. The molecule has 0 aliphatic heterocycles. The summed E-state index contributed by atoms with van der Waals surface area (Å²) in [5, 5.41) is 3.81. The van der Waals surface area contributed by atoms with Crippen molar-refractivity contribution in [3.05, 3.63) is 35.4 Å². The normalized spacial score (nSPS) is 32.4. The highest BCUT2D eigenvalue weighted by Gasteiger charge is 2.55. The van der Waals surface area contributed by atoms with Crippen LogP contribution in [0.15, 0.2) is 24.3 Å². The maximum Gasteiger partial charge on any atom is 0.0104 e. The lowest BCUT2D eigenvalue weighted by molar-refractivity contribution is 0.401. The van der Waals surface area contributed by atoms with Crippen molar-refractivity contribution in [3.63, 3.8) is 0 Å². The van der Waals surface area contributed by atoms with Gasteiger partial charge in [-0.3, -0.25) is 0 Å². The van der Waals surface area contributed by atoms with E-state index in [4.69, 9.17) is 0 Å². The van der Waals surface area contributed by atoms with Gasteiger partial charge in [0.1, 0.15) is 0 Å². The lowest BCUT2D eigenvalue weighted by atomic mass is 9.92. The van der Waals surface area contributed by atoms with Crippen LogP contribution in [0.25, 0.3) is 0 Å². The van der Waals surface area contributed by atoms with Crippen LogP contribution in [-0.4, -0.2) is 12.6 Å². The van der Waals surface area contributed by atoms with E-state index in [1.54, 1.807) is 11.1 Å². The first kappa shape index (κ1) is 12.9. The molecular weight excluding hydrogens is 242 g/mol. The predicted octanol–water partition coefficient (Wildman–Crippen LogP) is 4.13. The third kappa shape index (κ3) is 2.30. The minimum absolute atomic E-state index is 0.779. The fourth-order valence-electron chi connectivity index (χ4n) is 4.68. The van der Waals surface area contributed by atoms with E-state index >= 15 is 0 Å². The van der Waals surface area contributed by atoms with E-state index in [0.717, 1.165) is 36.3 Å². The zero-order valence-corrected chi connectivity index (χ0v) is 12.6. The van der Waals surface area contributed by atoms with Crippen LogP contribution in [0.1, 0.15) is 56.1 Å². The molecule has 0 amide bonds. The fourth-order valence-corrected chi connectivity index (χ4v) is 4.68. The molecule has 4 rings (SSSR count). The van der Waals surface area contributed by atoms with Crippen LogP contribution in [-0.2, 0) is 6.42 Å². The van der Waals surface area contributed by atoms with Gasteiger partial charge in [0.05, 0.1) is 0 Å². The molecule has 0 heterocycles. The smallest absolute Gasteiger partial charge is 0.0104 e. The molecule has 0 aromatic heterocycles. The van der Waals surface area contributed by atoms with E-state index in [1.807, 2.05) is 0 Å². The van der Waals surface area contributed by atoms with Crippen LogP contribution in [0.4, 0.5) is 0 Å². The number of benzene rings is 1. The molecule has 1 heteroatoms.